The van der Waals surface area contributed by atoms with Crippen LogP contribution in [0.5, 0.6) is 0 Å². The third kappa shape index (κ3) is 3.50. The number of hydrogen-bond donors (Lipinski definition) is 1. The van der Waals surface area contributed by atoms with Crippen LogP contribution in [-0.2, 0) is 6.54 Å². The lowest BCUT2D eigenvalue weighted by atomic mass is 10.1. The number of carbonyl (C=O) groups is 1. The highest BCUT2D eigenvalue weighted by molar-refractivity contribution is 6.04. The zero-order valence-corrected chi connectivity index (χ0v) is 13.2. The molecule has 0 spiro atoms. The lowest BCUT2D eigenvalue weighted by molar-refractivity contribution is 0.102. The molecule has 3 aromatic rings. The smallest absolute Gasteiger partial charge is 0.255 e. The van der Waals surface area contributed by atoms with Gasteiger partial charge in [-0.25, -0.2) is 0 Å². The van der Waals surface area contributed by atoms with Gasteiger partial charge in [0.15, 0.2) is 0 Å². The van der Waals surface area contributed by atoms with Gasteiger partial charge >= 0.3 is 0 Å². The monoisotopic (exact) mass is 316 g/mol. The minimum Gasteiger partial charge on any atom is -0.319 e. The maximum absolute atomic E-state index is 12.2. The highest BCUT2D eigenvalue weighted by atomic mass is 16.1. The molecule has 118 valence electrons. The average Bonchev–Trinajstić information content (AvgIpc) is 3.04. The molecule has 5 nitrogen and oxygen atoms in total. The minimum absolute atomic E-state index is 0.262. The maximum atomic E-state index is 12.2. The van der Waals surface area contributed by atoms with Gasteiger partial charge in [0.25, 0.3) is 5.91 Å². The van der Waals surface area contributed by atoms with Crippen LogP contribution in [0.3, 0.4) is 0 Å². The van der Waals surface area contributed by atoms with Crippen LogP contribution in [0.25, 0.3) is 0 Å². The first-order valence-corrected chi connectivity index (χ1v) is 7.54. The van der Waals surface area contributed by atoms with E-state index in [0.29, 0.717) is 23.4 Å². The van der Waals surface area contributed by atoms with Crippen LogP contribution in [0.15, 0.2) is 60.9 Å². The Labute approximate surface area is 140 Å². The Morgan fingerprint density at radius 2 is 2.08 bits per heavy atom. The van der Waals surface area contributed by atoms with Gasteiger partial charge in [0, 0.05) is 11.8 Å². The number of nitriles is 1. The fourth-order valence-electron chi connectivity index (χ4n) is 2.41. The molecule has 0 unspecified atom stereocenters. The molecule has 1 amide bonds. The van der Waals surface area contributed by atoms with E-state index in [1.54, 1.807) is 41.3 Å². The van der Waals surface area contributed by atoms with E-state index < -0.39 is 0 Å². The summed E-state index contributed by atoms with van der Waals surface area (Å²) in [4.78, 5) is 12.2. The van der Waals surface area contributed by atoms with Crippen LogP contribution in [0.2, 0.25) is 0 Å². The lowest BCUT2D eigenvalue weighted by Gasteiger charge is -2.05. The molecule has 0 saturated carbocycles. The predicted molar refractivity (Wildman–Crippen MR) is 91.6 cm³/mol. The van der Waals surface area contributed by atoms with E-state index in [0.717, 1.165) is 0 Å². The van der Waals surface area contributed by atoms with Gasteiger partial charge in [0.05, 0.1) is 30.1 Å². The first kappa shape index (κ1) is 15.5. The number of carbonyl (C=O) groups excluding carboxylic acids is 1. The Kier molecular flexibility index (Phi) is 4.39. The number of anilines is 1. The molecule has 0 aliphatic heterocycles. The van der Waals surface area contributed by atoms with Gasteiger partial charge in [-0.3, -0.25) is 9.48 Å². The second kappa shape index (κ2) is 6.80. The molecule has 0 radical (unpaired) electrons. The van der Waals surface area contributed by atoms with E-state index in [2.05, 4.69) is 29.5 Å². The van der Waals surface area contributed by atoms with Crippen LogP contribution in [0.1, 0.15) is 27.0 Å². The van der Waals surface area contributed by atoms with Crippen LogP contribution in [0.4, 0.5) is 5.69 Å². The van der Waals surface area contributed by atoms with Crippen molar-refractivity contribution in [2.75, 3.05) is 5.32 Å². The molecule has 1 N–H and O–H groups in total. The van der Waals surface area contributed by atoms with E-state index in [-0.39, 0.29) is 5.91 Å². The van der Waals surface area contributed by atoms with Crippen molar-refractivity contribution in [3.63, 3.8) is 0 Å². The van der Waals surface area contributed by atoms with Crippen LogP contribution < -0.4 is 5.32 Å². The van der Waals surface area contributed by atoms with E-state index in [9.17, 15) is 4.79 Å². The van der Waals surface area contributed by atoms with Crippen LogP contribution >= 0.6 is 0 Å². The first-order valence-electron chi connectivity index (χ1n) is 7.54. The van der Waals surface area contributed by atoms with Crippen LogP contribution in [0, 0.1) is 18.3 Å². The van der Waals surface area contributed by atoms with Crippen molar-refractivity contribution in [2.24, 2.45) is 0 Å². The fraction of sp³-hybridized carbons (Fsp3) is 0.105. The second-order valence-electron chi connectivity index (χ2n) is 5.50. The number of amides is 1. The molecule has 24 heavy (non-hydrogen) atoms. The summed E-state index contributed by atoms with van der Waals surface area (Å²) in [6.45, 7) is 2.70. The molecular weight excluding hydrogens is 300 g/mol. The van der Waals surface area contributed by atoms with Gasteiger partial charge in [-0.1, -0.05) is 30.3 Å². The molecule has 1 heterocycles. The SMILES string of the molecule is Cc1ccccc1Cn1cc(NC(=O)c2cccc(C#N)c2)cn1. The van der Waals surface area contributed by atoms with Crippen LogP contribution in [-0.4, -0.2) is 15.7 Å². The Bertz CT molecular complexity index is 921. The van der Waals surface area contributed by atoms with Crippen molar-refractivity contribution in [3.05, 3.63) is 83.2 Å². The third-order valence-corrected chi connectivity index (χ3v) is 3.74. The summed E-state index contributed by atoms with van der Waals surface area (Å²) < 4.78 is 1.78. The molecule has 0 bridgehead atoms. The van der Waals surface area contributed by atoms with E-state index in [4.69, 9.17) is 5.26 Å². The van der Waals surface area contributed by atoms with Gasteiger partial charge in [-0.2, -0.15) is 10.4 Å². The summed E-state index contributed by atoms with van der Waals surface area (Å²) in [5, 5.41) is 16.0. The summed E-state index contributed by atoms with van der Waals surface area (Å²) in [6, 6.07) is 16.7. The largest absolute Gasteiger partial charge is 0.319 e. The standard InChI is InChI=1S/C19H16N4O/c1-14-5-2-3-7-17(14)12-23-13-18(11-21-23)22-19(24)16-8-4-6-15(9-16)10-20/h2-9,11,13H,12H2,1H3,(H,22,24). The lowest BCUT2D eigenvalue weighted by Crippen LogP contribution is -2.11. The summed E-state index contributed by atoms with van der Waals surface area (Å²) in [5.74, 6) is -0.262. The van der Waals surface area contributed by atoms with Gasteiger partial charge < -0.3 is 5.32 Å². The Morgan fingerprint density at radius 3 is 2.88 bits per heavy atom. The Morgan fingerprint density at radius 1 is 1.25 bits per heavy atom. The maximum Gasteiger partial charge on any atom is 0.255 e. The number of nitrogens with one attached hydrogen (secondary N) is 1. The highest BCUT2D eigenvalue weighted by Crippen LogP contribution is 2.13. The van der Waals surface area contributed by atoms with Crippen molar-refractivity contribution < 1.29 is 4.79 Å². The number of benzene rings is 2. The predicted octanol–water partition coefficient (Wildman–Crippen LogP) is 3.36. The topological polar surface area (TPSA) is 70.7 Å². The summed E-state index contributed by atoms with van der Waals surface area (Å²) in [6.07, 6.45) is 3.41. The number of hydrogen-bond acceptors (Lipinski definition) is 3. The van der Waals surface area contributed by atoms with Crippen molar-refractivity contribution >= 4 is 11.6 Å². The number of rotatable bonds is 4. The average molecular weight is 316 g/mol. The quantitative estimate of drug-likeness (QED) is 0.802. The molecule has 0 saturated heterocycles. The Balaban J connectivity index is 1.71. The first-order chi connectivity index (χ1) is 11.7. The van der Waals surface area contributed by atoms with Gasteiger partial charge in [-0.05, 0) is 36.2 Å². The Hall–Kier alpha value is -3.39. The minimum atomic E-state index is -0.262. The second-order valence-corrected chi connectivity index (χ2v) is 5.50. The molecule has 2 aromatic carbocycles. The molecule has 3 rings (SSSR count). The van der Waals surface area contributed by atoms with Crippen molar-refractivity contribution in [3.8, 4) is 6.07 Å². The normalized spacial score (nSPS) is 10.2. The van der Waals surface area contributed by atoms with E-state index >= 15 is 0 Å². The van der Waals surface area contributed by atoms with Gasteiger partial charge in [0.1, 0.15) is 0 Å². The van der Waals surface area contributed by atoms with E-state index in [1.807, 2.05) is 18.2 Å². The zero-order chi connectivity index (χ0) is 16.9. The summed E-state index contributed by atoms with van der Waals surface area (Å²) in [7, 11) is 0. The molecule has 0 aliphatic rings. The fourth-order valence-corrected chi connectivity index (χ4v) is 2.41. The molecule has 1 aromatic heterocycles. The van der Waals surface area contributed by atoms with Gasteiger partial charge in [-0.15, -0.1) is 0 Å². The third-order valence-electron chi connectivity index (χ3n) is 3.74. The van der Waals surface area contributed by atoms with Crippen molar-refractivity contribution in [2.45, 2.75) is 13.5 Å². The number of nitrogens with zero attached hydrogens (tertiary/aromatic N) is 3. The summed E-state index contributed by atoms with van der Waals surface area (Å²) >= 11 is 0. The zero-order valence-electron chi connectivity index (χ0n) is 13.2. The van der Waals surface area contributed by atoms with Gasteiger partial charge in [0.2, 0.25) is 0 Å². The molecule has 0 fully saturated rings. The number of aromatic nitrogens is 2. The molecule has 5 heteroatoms. The highest BCUT2D eigenvalue weighted by Gasteiger charge is 2.09. The van der Waals surface area contributed by atoms with E-state index in [1.165, 1.54) is 11.1 Å². The molecule has 0 aliphatic carbocycles. The van der Waals surface area contributed by atoms with Crippen molar-refractivity contribution in [1.82, 2.24) is 9.78 Å². The summed E-state index contributed by atoms with van der Waals surface area (Å²) in [5.41, 5.74) is 3.90. The number of aryl methyl sites for hydroxylation is 1. The molecule has 0 atom stereocenters. The molecular formula is C19H16N4O. The van der Waals surface area contributed by atoms with Crippen molar-refractivity contribution in [1.29, 1.82) is 5.26 Å².